The summed E-state index contributed by atoms with van der Waals surface area (Å²) in [5, 5.41) is 6.88. The number of amides is 2. The zero-order chi connectivity index (χ0) is 25.8. The molecule has 2 aromatic rings. The number of nitrogens with one attached hydrogen (secondary N) is 2. The van der Waals surface area contributed by atoms with Gasteiger partial charge in [0, 0.05) is 45.0 Å². The molecule has 0 radical (unpaired) electrons. The number of hydrogen-bond donors (Lipinski definition) is 2. The van der Waals surface area contributed by atoms with Gasteiger partial charge in [0.25, 0.3) is 5.56 Å². The predicted molar refractivity (Wildman–Crippen MR) is 140 cm³/mol. The van der Waals surface area contributed by atoms with Gasteiger partial charge in [0.05, 0.1) is 23.1 Å². The van der Waals surface area contributed by atoms with E-state index in [1.165, 1.54) is 11.7 Å². The number of hydrogen-bond acceptors (Lipinski definition) is 5. The number of aromatic nitrogens is 1. The number of pyridine rings is 1. The highest BCUT2D eigenvalue weighted by molar-refractivity contribution is 6.42. The number of alkyl carbamates (subject to hydrolysis) is 1. The molecule has 2 fully saturated rings. The van der Waals surface area contributed by atoms with E-state index in [2.05, 4.69) is 15.4 Å². The van der Waals surface area contributed by atoms with Crippen LogP contribution in [0.4, 0.5) is 4.79 Å². The number of benzene rings is 1. The summed E-state index contributed by atoms with van der Waals surface area (Å²) in [4.78, 5) is 39.5. The van der Waals surface area contributed by atoms with Gasteiger partial charge in [-0.1, -0.05) is 29.3 Å². The first-order chi connectivity index (χ1) is 17.3. The minimum atomic E-state index is -0.493. The molecule has 2 atom stereocenters. The molecule has 2 amide bonds. The van der Waals surface area contributed by atoms with Crippen LogP contribution in [0.25, 0.3) is 0 Å². The van der Waals surface area contributed by atoms with Gasteiger partial charge >= 0.3 is 6.09 Å². The number of nitrogens with zero attached hydrogens (tertiary/aromatic N) is 2. The Hall–Kier alpha value is -2.55. The Morgan fingerprint density at radius 2 is 2.00 bits per heavy atom. The normalized spacial score (nSPS) is 19.6. The van der Waals surface area contributed by atoms with Crippen LogP contribution >= 0.6 is 23.2 Å². The van der Waals surface area contributed by atoms with E-state index in [-0.39, 0.29) is 29.3 Å². The number of methoxy groups -OCH3 is 1. The quantitative estimate of drug-likeness (QED) is 0.540. The molecule has 1 aromatic heterocycles. The maximum atomic E-state index is 13.9. The lowest BCUT2D eigenvalue weighted by Crippen LogP contribution is -2.47. The number of rotatable bonds is 8. The number of carbonyl (C=O) groups is 2. The van der Waals surface area contributed by atoms with E-state index in [1.54, 1.807) is 25.4 Å². The van der Waals surface area contributed by atoms with Crippen molar-refractivity contribution in [3.8, 4) is 0 Å². The van der Waals surface area contributed by atoms with Gasteiger partial charge in [0.1, 0.15) is 0 Å². The zero-order valence-electron chi connectivity index (χ0n) is 20.6. The summed E-state index contributed by atoms with van der Waals surface area (Å²) in [6.07, 6.45) is 4.52. The summed E-state index contributed by atoms with van der Waals surface area (Å²) >= 11 is 13.0. The second-order valence-corrected chi connectivity index (χ2v) is 10.3. The van der Waals surface area contributed by atoms with E-state index in [0.717, 1.165) is 42.5 Å². The van der Waals surface area contributed by atoms with Crippen molar-refractivity contribution in [2.75, 3.05) is 26.7 Å². The SMILES string of the molecule is COC(=O)NCCc1cc(Cl)c(Cl)c(CN(C(=O)[C@@H]2CNCC[C@H]2c2ccn(C)c(=O)c2)C2CC2)c1. The largest absolute Gasteiger partial charge is 0.453 e. The van der Waals surface area contributed by atoms with Crippen molar-refractivity contribution < 1.29 is 14.3 Å². The fourth-order valence-corrected chi connectivity index (χ4v) is 5.26. The highest BCUT2D eigenvalue weighted by Crippen LogP contribution is 2.37. The van der Waals surface area contributed by atoms with Crippen molar-refractivity contribution in [2.24, 2.45) is 13.0 Å². The fourth-order valence-electron chi connectivity index (χ4n) is 4.83. The van der Waals surface area contributed by atoms with Crippen LogP contribution in [0, 0.1) is 5.92 Å². The van der Waals surface area contributed by atoms with Gasteiger partial charge < -0.3 is 24.8 Å². The van der Waals surface area contributed by atoms with E-state index in [4.69, 9.17) is 23.2 Å². The first-order valence-electron chi connectivity index (χ1n) is 12.2. The summed E-state index contributed by atoms with van der Waals surface area (Å²) in [7, 11) is 3.04. The maximum absolute atomic E-state index is 13.9. The van der Waals surface area contributed by atoms with E-state index in [1.807, 2.05) is 17.0 Å². The average molecular weight is 535 g/mol. The number of aryl methyl sites for hydroxylation is 1. The van der Waals surface area contributed by atoms with Gasteiger partial charge in [0.2, 0.25) is 5.91 Å². The molecule has 0 spiro atoms. The second kappa shape index (κ2) is 11.7. The number of piperidine rings is 1. The van der Waals surface area contributed by atoms with Gasteiger partial charge in [-0.3, -0.25) is 9.59 Å². The van der Waals surface area contributed by atoms with Crippen LogP contribution in [0.15, 0.2) is 35.3 Å². The third kappa shape index (κ3) is 6.22. The summed E-state index contributed by atoms with van der Waals surface area (Å²) in [5.41, 5.74) is 2.54. The maximum Gasteiger partial charge on any atom is 0.406 e. The van der Waals surface area contributed by atoms with E-state index >= 15 is 0 Å². The molecule has 0 bridgehead atoms. The van der Waals surface area contributed by atoms with Crippen molar-refractivity contribution in [1.82, 2.24) is 20.1 Å². The monoisotopic (exact) mass is 534 g/mol. The molecule has 1 aliphatic carbocycles. The third-order valence-corrected chi connectivity index (χ3v) is 7.84. The summed E-state index contributed by atoms with van der Waals surface area (Å²) in [6.45, 7) is 2.12. The van der Waals surface area contributed by atoms with Crippen molar-refractivity contribution in [1.29, 1.82) is 0 Å². The molecule has 1 saturated carbocycles. The molecule has 8 nitrogen and oxygen atoms in total. The molecule has 2 N–H and O–H groups in total. The zero-order valence-corrected chi connectivity index (χ0v) is 22.1. The fraction of sp³-hybridized carbons (Fsp3) is 0.500. The number of halogens is 2. The lowest BCUT2D eigenvalue weighted by Gasteiger charge is -2.36. The van der Waals surface area contributed by atoms with Crippen molar-refractivity contribution in [3.63, 3.8) is 0 Å². The van der Waals surface area contributed by atoms with Crippen molar-refractivity contribution in [3.05, 3.63) is 67.6 Å². The lowest BCUT2D eigenvalue weighted by molar-refractivity contribution is -0.138. The standard InChI is InChI=1S/C26H32Cl2N4O4/c1-31-10-7-17(13-23(31)33)20-6-8-29-14-21(20)25(34)32(19-3-4-19)15-18-11-16(12-22(27)24(18)28)5-9-30-26(35)36-2/h7,10-13,19-21,29H,3-6,8-9,14-15H2,1-2H3,(H,30,35)/t20-,21+/m0/s1. The summed E-state index contributed by atoms with van der Waals surface area (Å²) in [5.74, 6) is -0.225. The molecule has 0 unspecified atom stereocenters. The Morgan fingerprint density at radius 1 is 1.22 bits per heavy atom. The summed E-state index contributed by atoms with van der Waals surface area (Å²) in [6, 6.07) is 7.50. The molecular weight excluding hydrogens is 503 g/mol. The topological polar surface area (TPSA) is 92.7 Å². The smallest absolute Gasteiger partial charge is 0.406 e. The molecule has 36 heavy (non-hydrogen) atoms. The number of ether oxygens (including phenoxy) is 1. The minimum absolute atomic E-state index is 0.0244. The molecule has 4 rings (SSSR count). The minimum Gasteiger partial charge on any atom is -0.453 e. The Bertz CT molecular complexity index is 1180. The first kappa shape index (κ1) is 26.5. The van der Waals surface area contributed by atoms with Gasteiger partial charge in [-0.15, -0.1) is 0 Å². The highest BCUT2D eigenvalue weighted by Gasteiger charge is 2.40. The molecule has 10 heteroatoms. The molecular formula is C26H32Cl2N4O4. The van der Waals surface area contributed by atoms with Crippen LogP contribution in [0.1, 0.15) is 41.9 Å². The van der Waals surface area contributed by atoms with Crippen LogP contribution < -0.4 is 16.2 Å². The van der Waals surface area contributed by atoms with Crippen LogP contribution in [0.3, 0.4) is 0 Å². The molecule has 194 valence electrons. The van der Waals surface area contributed by atoms with E-state index < -0.39 is 6.09 Å². The molecule has 1 aliphatic heterocycles. The van der Waals surface area contributed by atoms with Crippen LogP contribution in [0.2, 0.25) is 10.0 Å². The van der Waals surface area contributed by atoms with Gasteiger partial charge in [-0.25, -0.2) is 4.79 Å². The Balaban J connectivity index is 1.55. The Morgan fingerprint density at radius 3 is 2.69 bits per heavy atom. The first-order valence-corrected chi connectivity index (χ1v) is 13.0. The third-order valence-electron chi connectivity index (χ3n) is 7.00. The summed E-state index contributed by atoms with van der Waals surface area (Å²) < 4.78 is 6.15. The number of carbonyl (C=O) groups excluding carboxylic acids is 2. The van der Waals surface area contributed by atoms with E-state index in [9.17, 15) is 14.4 Å². The van der Waals surface area contributed by atoms with Crippen LogP contribution in [-0.4, -0.2) is 54.3 Å². The molecule has 1 saturated heterocycles. The lowest BCUT2D eigenvalue weighted by atomic mass is 9.80. The van der Waals surface area contributed by atoms with Crippen molar-refractivity contribution >= 4 is 35.2 Å². The Labute approximate surface area is 220 Å². The molecule has 1 aromatic carbocycles. The highest BCUT2D eigenvalue weighted by atomic mass is 35.5. The second-order valence-electron chi connectivity index (χ2n) is 9.53. The Kier molecular flexibility index (Phi) is 8.59. The van der Waals surface area contributed by atoms with Crippen molar-refractivity contribution in [2.45, 2.75) is 44.2 Å². The predicted octanol–water partition coefficient (Wildman–Crippen LogP) is 3.47. The molecule has 2 aliphatic rings. The van der Waals surface area contributed by atoms with Gasteiger partial charge in [-0.05, 0) is 67.0 Å². The van der Waals surface area contributed by atoms with E-state index in [0.29, 0.717) is 36.1 Å². The average Bonchev–Trinajstić information content (AvgIpc) is 3.71. The van der Waals surface area contributed by atoms with Crippen LogP contribution in [-0.2, 0) is 29.5 Å². The van der Waals surface area contributed by atoms with Crippen LogP contribution in [0.5, 0.6) is 0 Å². The van der Waals surface area contributed by atoms with Gasteiger partial charge in [-0.2, -0.15) is 0 Å². The molecule has 2 heterocycles. The van der Waals surface area contributed by atoms with Gasteiger partial charge in [0.15, 0.2) is 0 Å².